The largest absolute Gasteiger partial charge is 0.497 e. The van der Waals surface area contributed by atoms with Crippen LogP contribution in [0.5, 0.6) is 5.75 Å². The number of nitrogens with one attached hydrogen (secondary N) is 1. The van der Waals surface area contributed by atoms with Crippen LogP contribution in [0.4, 0.5) is 0 Å². The summed E-state index contributed by atoms with van der Waals surface area (Å²) in [6, 6.07) is 7.61. The lowest BCUT2D eigenvalue weighted by Crippen LogP contribution is -2.64. The van der Waals surface area contributed by atoms with Gasteiger partial charge in [-0.2, -0.15) is 0 Å². The zero-order chi connectivity index (χ0) is 18.4. The highest BCUT2D eigenvalue weighted by Gasteiger charge is 2.61. The summed E-state index contributed by atoms with van der Waals surface area (Å²) in [7, 11) is 1.63. The zero-order valence-electron chi connectivity index (χ0n) is 15.5. The number of esters is 1. The fraction of sp³-hybridized carbons (Fsp3) is 0.619. The van der Waals surface area contributed by atoms with Gasteiger partial charge in [-0.05, 0) is 68.1 Å². The Labute approximate surface area is 154 Å². The van der Waals surface area contributed by atoms with Gasteiger partial charge in [0, 0.05) is 12.5 Å². The Morgan fingerprint density at radius 3 is 2.58 bits per heavy atom. The molecule has 2 atom stereocenters. The summed E-state index contributed by atoms with van der Waals surface area (Å²) in [5.41, 5.74) is 0.301. The Bertz CT molecular complexity index is 714. The Balaban J connectivity index is 1.49. The van der Waals surface area contributed by atoms with Crippen LogP contribution in [0.15, 0.2) is 24.3 Å². The molecule has 1 N–H and O–H groups in total. The van der Waals surface area contributed by atoms with E-state index in [-0.39, 0.29) is 24.0 Å². The van der Waals surface area contributed by atoms with Gasteiger partial charge in [-0.1, -0.05) is 12.1 Å². The van der Waals surface area contributed by atoms with E-state index in [1.165, 1.54) is 6.42 Å². The van der Waals surface area contributed by atoms with Gasteiger partial charge in [0.05, 0.1) is 12.5 Å². The summed E-state index contributed by atoms with van der Waals surface area (Å²) in [5.74, 6) is 1.72. The van der Waals surface area contributed by atoms with E-state index in [1.807, 2.05) is 24.3 Å². The molecular weight excluding hydrogens is 330 g/mol. The van der Waals surface area contributed by atoms with Crippen LogP contribution in [-0.2, 0) is 20.9 Å². The number of carbonyl (C=O) groups excluding carboxylic acids is 2. The summed E-state index contributed by atoms with van der Waals surface area (Å²) in [6.45, 7) is 1.84. The molecule has 0 heterocycles. The number of amides is 1. The van der Waals surface area contributed by atoms with Gasteiger partial charge in [-0.15, -0.1) is 0 Å². The maximum Gasteiger partial charge on any atom is 0.312 e. The summed E-state index contributed by atoms with van der Waals surface area (Å²) in [6.07, 6.45) is 5.74. The van der Waals surface area contributed by atoms with Crippen LogP contribution >= 0.6 is 0 Å². The topological polar surface area (TPSA) is 64.6 Å². The lowest BCUT2D eigenvalue weighted by molar-refractivity contribution is -0.177. The third-order valence-electron chi connectivity index (χ3n) is 6.44. The van der Waals surface area contributed by atoms with Crippen molar-refractivity contribution in [1.82, 2.24) is 5.32 Å². The van der Waals surface area contributed by atoms with Gasteiger partial charge in [0.1, 0.15) is 12.4 Å². The molecule has 5 rings (SSSR count). The van der Waals surface area contributed by atoms with E-state index >= 15 is 0 Å². The monoisotopic (exact) mass is 357 g/mol. The normalized spacial score (nSPS) is 34.4. The molecule has 4 fully saturated rings. The second-order valence-electron chi connectivity index (χ2n) is 8.63. The number of ether oxygens (including phenoxy) is 2. The third kappa shape index (κ3) is 3.08. The van der Waals surface area contributed by atoms with Gasteiger partial charge >= 0.3 is 5.97 Å². The van der Waals surface area contributed by atoms with Gasteiger partial charge in [0.25, 0.3) is 0 Å². The van der Waals surface area contributed by atoms with Crippen molar-refractivity contribution < 1.29 is 19.1 Å². The quantitative estimate of drug-likeness (QED) is 0.822. The molecule has 0 radical (unpaired) electrons. The van der Waals surface area contributed by atoms with E-state index in [2.05, 4.69) is 5.32 Å². The van der Waals surface area contributed by atoms with E-state index in [1.54, 1.807) is 14.0 Å². The number of hydrogen-bond donors (Lipinski definition) is 1. The van der Waals surface area contributed by atoms with Crippen molar-refractivity contribution in [3.05, 3.63) is 29.8 Å². The van der Waals surface area contributed by atoms with E-state index < -0.39 is 5.41 Å². The average Bonchev–Trinajstić information content (AvgIpc) is 2.57. The lowest BCUT2D eigenvalue weighted by atomic mass is 9.47. The Kier molecular flexibility index (Phi) is 4.20. The number of methoxy groups -OCH3 is 1. The molecule has 0 spiro atoms. The van der Waals surface area contributed by atoms with Crippen molar-refractivity contribution in [3.63, 3.8) is 0 Å². The molecule has 0 unspecified atom stereocenters. The van der Waals surface area contributed by atoms with Crippen molar-refractivity contribution in [1.29, 1.82) is 0 Å². The fourth-order valence-corrected chi connectivity index (χ4v) is 6.09. The van der Waals surface area contributed by atoms with Crippen LogP contribution in [-0.4, -0.2) is 24.5 Å². The van der Waals surface area contributed by atoms with E-state index in [0.29, 0.717) is 11.8 Å². The molecule has 140 valence electrons. The molecular formula is C21H27NO4. The molecule has 4 aliphatic rings. The molecule has 5 heteroatoms. The highest BCUT2D eigenvalue weighted by Crippen LogP contribution is 2.62. The minimum atomic E-state index is -0.425. The number of carbonyl (C=O) groups is 2. The van der Waals surface area contributed by atoms with Crippen molar-refractivity contribution in [2.75, 3.05) is 7.11 Å². The van der Waals surface area contributed by atoms with E-state index in [4.69, 9.17) is 9.47 Å². The number of rotatable bonds is 5. The van der Waals surface area contributed by atoms with Crippen LogP contribution in [0.1, 0.15) is 51.0 Å². The summed E-state index contributed by atoms with van der Waals surface area (Å²) >= 11 is 0. The Morgan fingerprint density at radius 2 is 1.92 bits per heavy atom. The van der Waals surface area contributed by atoms with Crippen LogP contribution < -0.4 is 10.1 Å². The molecule has 4 saturated carbocycles. The van der Waals surface area contributed by atoms with Crippen molar-refractivity contribution in [3.8, 4) is 5.75 Å². The van der Waals surface area contributed by atoms with E-state index in [9.17, 15) is 9.59 Å². The smallest absolute Gasteiger partial charge is 0.312 e. The van der Waals surface area contributed by atoms with Crippen LogP contribution in [0.3, 0.4) is 0 Å². The first-order valence-corrected chi connectivity index (χ1v) is 9.51. The van der Waals surface area contributed by atoms with Gasteiger partial charge in [0.2, 0.25) is 5.91 Å². The minimum absolute atomic E-state index is 0.00634. The molecule has 5 nitrogen and oxygen atoms in total. The van der Waals surface area contributed by atoms with Gasteiger partial charge < -0.3 is 14.8 Å². The second kappa shape index (κ2) is 6.29. The third-order valence-corrected chi connectivity index (χ3v) is 6.44. The first kappa shape index (κ1) is 17.4. The number of benzene rings is 1. The summed E-state index contributed by atoms with van der Waals surface area (Å²) in [5, 5.41) is 3.19. The van der Waals surface area contributed by atoms with Crippen LogP contribution in [0.25, 0.3) is 0 Å². The fourth-order valence-electron chi connectivity index (χ4n) is 6.09. The van der Waals surface area contributed by atoms with E-state index in [0.717, 1.165) is 43.4 Å². The maximum atomic E-state index is 13.1. The summed E-state index contributed by atoms with van der Waals surface area (Å²) in [4.78, 5) is 24.8. The molecule has 26 heavy (non-hydrogen) atoms. The Morgan fingerprint density at radius 1 is 1.19 bits per heavy atom. The predicted octanol–water partition coefficient (Wildman–Crippen LogP) is 3.21. The molecule has 1 aromatic rings. The zero-order valence-corrected chi connectivity index (χ0v) is 15.5. The molecule has 0 aromatic heterocycles. The predicted molar refractivity (Wildman–Crippen MR) is 96.5 cm³/mol. The standard InChI is InChI=1S/C21H27NO4/c1-14(23)22-21-10-16-6-17(11-21)9-20(8-16,13-21)19(24)26-12-15-4-3-5-18(7-15)25-2/h3-5,7,16-17H,6,8-13H2,1-2H3,(H,22,23)/t16-,17-,20?,21?/m1/s1. The number of hydrogen-bond acceptors (Lipinski definition) is 4. The van der Waals surface area contributed by atoms with Gasteiger partial charge in [0.15, 0.2) is 0 Å². The molecule has 4 aliphatic carbocycles. The first-order chi connectivity index (χ1) is 12.4. The Hall–Kier alpha value is -2.04. The molecule has 1 amide bonds. The maximum absolute atomic E-state index is 13.1. The summed E-state index contributed by atoms with van der Waals surface area (Å²) < 4.78 is 11.0. The van der Waals surface area contributed by atoms with Gasteiger partial charge in [-0.3, -0.25) is 9.59 Å². The first-order valence-electron chi connectivity index (χ1n) is 9.51. The van der Waals surface area contributed by atoms with Crippen molar-refractivity contribution in [2.24, 2.45) is 17.3 Å². The highest BCUT2D eigenvalue weighted by atomic mass is 16.5. The lowest BCUT2D eigenvalue weighted by Gasteiger charge is -2.60. The van der Waals surface area contributed by atoms with Crippen molar-refractivity contribution in [2.45, 2.75) is 57.6 Å². The second-order valence-corrected chi connectivity index (χ2v) is 8.63. The highest BCUT2D eigenvalue weighted by molar-refractivity contribution is 5.79. The SMILES string of the molecule is COc1cccc(COC(=O)C23C[C@H]4C[C@@H](CC(NC(C)=O)(C4)C2)C3)c1. The van der Waals surface area contributed by atoms with Crippen LogP contribution in [0.2, 0.25) is 0 Å². The van der Waals surface area contributed by atoms with Gasteiger partial charge in [-0.25, -0.2) is 0 Å². The molecule has 1 aromatic carbocycles. The minimum Gasteiger partial charge on any atom is -0.497 e. The van der Waals surface area contributed by atoms with Crippen molar-refractivity contribution >= 4 is 11.9 Å². The molecule has 4 bridgehead atoms. The molecule has 0 saturated heterocycles. The average molecular weight is 357 g/mol. The van der Waals surface area contributed by atoms with Crippen LogP contribution in [0, 0.1) is 17.3 Å². The molecule has 0 aliphatic heterocycles.